The number of hydrogen-bond acceptors (Lipinski definition) is 0. The predicted octanol–water partition coefficient (Wildman–Crippen LogP) is 10.7. The molecule has 0 heteroatoms. The van der Waals surface area contributed by atoms with E-state index in [0.29, 0.717) is 0 Å². The monoisotopic (exact) mass is 482 g/mol. The van der Waals surface area contributed by atoms with Crippen molar-refractivity contribution in [2.24, 2.45) is 0 Å². The number of fused-ring (bicyclic) bond motifs is 2. The Morgan fingerprint density at radius 1 is 0.237 bits per heavy atom. The normalized spacial score (nSPS) is 11.2. The van der Waals surface area contributed by atoms with E-state index in [-0.39, 0.29) is 0 Å². The molecule has 178 valence electrons. The Bertz CT molecular complexity index is 1890. The molecule has 38 heavy (non-hydrogen) atoms. The molecule has 0 bridgehead atoms. The van der Waals surface area contributed by atoms with E-state index in [1.54, 1.807) is 0 Å². The van der Waals surface area contributed by atoms with Crippen LogP contribution in [-0.4, -0.2) is 0 Å². The first-order chi connectivity index (χ1) is 18.9. The third-order valence-electron chi connectivity index (χ3n) is 7.49. The Kier molecular flexibility index (Phi) is 5.57. The first-order valence-corrected chi connectivity index (χ1v) is 13.1. The molecular formula is C38H26. The maximum atomic E-state index is 2.33. The first-order valence-electron chi connectivity index (χ1n) is 13.1. The van der Waals surface area contributed by atoms with Crippen LogP contribution >= 0.6 is 0 Å². The lowest BCUT2D eigenvalue weighted by Gasteiger charge is -2.22. The fraction of sp³-hybridized carbons (Fsp3) is 0. The first kappa shape index (κ1) is 22.3. The molecule has 0 fully saturated rings. The van der Waals surface area contributed by atoms with E-state index in [9.17, 15) is 0 Å². The molecule has 0 aliphatic rings. The van der Waals surface area contributed by atoms with Crippen LogP contribution in [0, 0.1) is 0 Å². The average Bonchev–Trinajstić information content (AvgIpc) is 3.01. The Morgan fingerprint density at radius 3 is 1.37 bits per heavy atom. The summed E-state index contributed by atoms with van der Waals surface area (Å²) >= 11 is 0. The Hall–Kier alpha value is -4.94. The van der Waals surface area contributed by atoms with Crippen molar-refractivity contribution >= 4 is 21.5 Å². The Balaban J connectivity index is 1.68. The lowest BCUT2D eigenvalue weighted by atomic mass is 9.81. The molecule has 0 amide bonds. The molecule has 0 saturated carbocycles. The maximum absolute atomic E-state index is 2.33. The second-order valence-corrected chi connectivity index (χ2v) is 9.70. The van der Waals surface area contributed by atoms with Gasteiger partial charge in [0.15, 0.2) is 0 Å². The SMILES string of the molecule is c1ccc(-c2ccc(-c3cccc4ccccc34)c(-c3cccc4ccccc34)c2-c2ccccc2)cc1. The van der Waals surface area contributed by atoms with Crippen molar-refractivity contribution in [3.8, 4) is 44.5 Å². The van der Waals surface area contributed by atoms with Gasteiger partial charge in [-0.15, -0.1) is 0 Å². The second-order valence-electron chi connectivity index (χ2n) is 9.70. The van der Waals surface area contributed by atoms with Crippen molar-refractivity contribution in [1.29, 1.82) is 0 Å². The van der Waals surface area contributed by atoms with Gasteiger partial charge in [-0.25, -0.2) is 0 Å². The molecular weight excluding hydrogens is 456 g/mol. The van der Waals surface area contributed by atoms with Gasteiger partial charge in [-0.2, -0.15) is 0 Å². The van der Waals surface area contributed by atoms with Gasteiger partial charge in [0.05, 0.1) is 0 Å². The smallest absolute Gasteiger partial charge is 0.00141 e. The van der Waals surface area contributed by atoms with E-state index in [1.807, 2.05) is 0 Å². The van der Waals surface area contributed by atoms with E-state index in [0.717, 1.165) is 0 Å². The van der Waals surface area contributed by atoms with Crippen LogP contribution in [0.3, 0.4) is 0 Å². The zero-order valence-corrected chi connectivity index (χ0v) is 21.0. The number of hydrogen-bond donors (Lipinski definition) is 0. The van der Waals surface area contributed by atoms with E-state index in [4.69, 9.17) is 0 Å². The van der Waals surface area contributed by atoms with Crippen LogP contribution in [0.2, 0.25) is 0 Å². The van der Waals surface area contributed by atoms with Gasteiger partial charge in [0.2, 0.25) is 0 Å². The minimum atomic E-state index is 1.22. The molecule has 0 aliphatic heterocycles. The minimum absolute atomic E-state index is 1.22. The van der Waals surface area contributed by atoms with Crippen LogP contribution in [0.15, 0.2) is 158 Å². The highest BCUT2D eigenvalue weighted by Crippen LogP contribution is 2.48. The molecule has 7 rings (SSSR count). The lowest BCUT2D eigenvalue weighted by Crippen LogP contribution is -1.95. The summed E-state index contributed by atoms with van der Waals surface area (Å²) < 4.78 is 0. The van der Waals surface area contributed by atoms with Crippen molar-refractivity contribution in [2.75, 3.05) is 0 Å². The summed E-state index contributed by atoms with van der Waals surface area (Å²) in [6.07, 6.45) is 0. The highest BCUT2D eigenvalue weighted by molar-refractivity contribution is 6.11. The minimum Gasteiger partial charge on any atom is -0.0622 e. The van der Waals surface area contributed by atoms with Gasteiger partial charge in [-0.3, -0.25) is 0 Å². The van der Waals surface area contributed by atoms with Crippen molar-refractivity contribution in [2.45, 2.75) is 0 Å². The molecule has 0 heterocycles. The molecule has 0 unspecified atom stereocenters. The van der Waals surface area contributed by atoms with Crippen molar-refractivity contribution < 1.29 is 0 Å². The number of benzene rings is 7. The topological polar surface area (TPSA) is 0 Å². The summed E-state index contributed by atoms with van der Waals surface area (Å²) in [6, 6.07) is 57.0. The maximum Gasteiger partial charge on any atom is -0.00141 e. The molecule has 0 aliphatic carbocycles. The van der Waals surface area contributed by atoms with Crippen LogP contribution in [0.25, 0.3) is 66.1 Å². The van der Waals surface area contributed by atoms with Gasteiger partial charge in [-0.05, 0) is 66.1 Å². The third-order valence-corrected chi connectivity index (χ3v) is 7.49. The zero-order chi connectivity index (χ0) is 25.3. The van der Waals surface area contributed by atoms with Crippen LogP contribution in [0.4, 0.5) is 0 Å². The predicted molar refractivity (Wildman–Crippen MR) is 163 cm³/mol. The van der Waals surface area contributed by atoms with Crippen molar-refractivity contribution in [3.63, 3.8) is 0 Å². The van der Waals surface area contributed by atoms with Gasteiger partial charge in [0.25, 0.3) is 0 Å². The summed E-state index contributed by atoms with van der Waals surface area (Å²) in [7, 11) is 0. The van der Waals surface area contributed by atoms with Gasteiger partial charge in [0.1, 0.15) is 0 Å². The van der Waals surface area contributed by atoms with Gasteiger partial charge in [0, 0.05) is 0 Å². The van der Waals surface area contributed by atoms with Gasteiger partial charge < -0.3 is 0 Å². The largest absolute Gasteiger partial charge is 0.0622 e. The summed E-state index contributed by atoms with van der Waals surface area (Å²) in [5.74, 6) is 0. The molecule has 0 nitrogen and oxygen atoms in total. The summed E-state index contributed by atoms with van der Waals surface area (Å²) in [5, 5.41) is 5.03. The average molecular weight is 483 g/mol. The van der Waals surface area contributed by atoms with Gasteiger partial charge >= 0.3 is 0 Å². The Labute approximate surface area is 223 Å². The Morgan fingerprint density at radius 2 is 0.711 bits per heavy atom. The molecule has 0 aromatic heterocycles. The van der Waals surface area contributed by atoms with E-state index < -0.39 is 0 Å². The highest BCUT2D eigenvalue weighted by Gasteiger charge is 2.21. The van der Waals surface area contributed by atoms with Crippen LogP contribution < -0.4 is 0 Å². The molecule has 0 atom stereocenters. The summed E-state index contributed by atoms with van der Waals surface area (Å²) in [4.78, 5) is 0. The van der Waals surface area contributed by atoms with Crippen molar-refractivity contribution in [3.05, 3.63) is 158 Å². The fourth-order valence-corrected chi connectivity index (χ4v) is 5.77. The van der Waals surface area contributed by atoms with Gasteiger partial charge in [-0.1, -0.05) is 158 Å². The molecule has 0 N–H and O–H groups in total. The van der Waals surface area contributed by atoms with Crippen LogP contribution in [0.1, 0.15) is 0 Å². The molecule has 0 radical (unpaired) electrons. The van der Waals surface area contributed by atoms with E-state index in [2.05, 4.69) is 158 Å². The number of rotatable bonds is 4. The molecule has 0 saturated heterocycles. The third kappa shape index (κ3) is 3.79. The van der Waals surface area contributed by atoms with E-state index >= 15 is 0 Å². The van der Waals surface area contributed by atoms with Crippen molar-refractivity contribution in [1.82, 2.24) is 0 Å². The zero-order valence-electron chi connectivity index (χ0n) is 21.0. The lowest BCUT2D eigenvalue weighted by molar-refractivity contribution is 1.56. The molecule has 7 aromatic rings. The highest BCUT2D eigenvalue weighted by atomic mass is 14.2. The molecule has 0 spiro atoms. The fourth-order valence-electron chi connectivity index (χ4n) is 5.77. The molecule has 7 aromatic carbocycles. The standard InChI is InChI=1S/C38H26/c1-3-13-29(14-4-1)33-25-26-36(34-23-11-19-27-15-7-9-21-31(27)34)38(37(33)30-17-5-2-6-18-30)35-24-12-20-28-16-8-10-22-32(28)35/h1-26H. The summed E-state index contributed by atoms with van der Waals surface area (Å²) in [6.45, 7) is 0. The van der Waals surface area contributed by atoms with Crippen LogP contribution in [0.5, 0.6) is 0 Å². The quantitative estimate of drug-likeness (QED) is 0.234. The van der Waals surface area contributed by atoms with E-state index in [1.165, 1.54) is 66.1 Å². The summed E-state index contributed by atoms with van der Waals surface area (Å²) in [5.41, 5.74) is 9.96. The van der Waals surface area contributed by atoms with Crippen LogP contribution in [-0.2, 0) is 0 Å². The second kappa shape index (κ2) is 9.50.